The van der Waals surface area contributed by atoms with Crippen molar-refractivity contribution in [3.8, 4) is 0 Å². The van der Waals surface area contributed by atoms with Gasteiger partial charge in [-0.1, -0.05) is 19.9 Å². The molecule has 1 N–H and O–H groups in total. The lowest BCUT2D eigenvalue weighted by Crippen LogP contribution is -2.18. The van der Waals surface area contributed by atoms with E-state index in [4.69, 9.17) is 0 Å². The van der Waals surface area contributed by atoms with Crippen molar-refractivity contribution in [2.45, 2.75) is 32.7 Å². The van der Waals surface area contributed by atoms with Crippen molar-refractivity contribution >= 4 is 17.3 Å². The Balaban J connectivity index is 2.49. The Hall–Kier alpha value is -2.11. The van der Waals surface area contributed by atoms with E-state index < -0.39 is 4.92 Å². The summed E-state index contributed by atoms with van der Waals surface area (Å²) in [6.07, 6.45) is 3.46. The van der Waals surface area contributed by atoms with Crippen LogP contribution in [0.5, 0.6) is 0 Å². The van der Waals surface area contributed by atoms with Gasteiger partial charge in [-0.15, -0.1) is 0 Å². The number of anilines is 1. The molecule has 2 heterocycles. The maximum absolute atomic E-state index is 11.2. The first-order valence-electron chi connectivity index (χ1n) is 6.05. The number of pyridine rings is 1. The lowest BCUT2D eigenvalue weighted by Gasteiger charge is -2.13. The van der Waals surface area contributed by atoms with Crippen LogP contribution >= 0.6 is 0 Å². The zero-order valence-corrected chi connectivity index (χ0v) is 10.5. The molecule has 2 aromatic rings. The van der Waals surface area contributed by atoms with Crippen LogP contribution in [0.25, 0.3) is 5.65 Å². The van der Waals surface area contributed by atoms with Gasteiger partial charge in [0.15, 0.2) is 0 Å². The second-order valence-electron chi connectivity index (χ2n) is 4.13. The van der Waals surface area contributed by atoms with Crippen molar-refractivity contribution in [3.05, 3.63) is 34.5 Å². The van der Waals surface area contributed by atoms with E-state index in [2.05, 4.69) is 10.3 Å². The zero-order valence-electron chi connectivity index (χ0n) is 10.5. The van der Waals surface area contributed by atoms with Crippen molar-refractivity contribution in [3.63, 3.8) is 0 Å². The fourth-order valence-electron chi connectivity index (χ4n) is 1.94. The third-order valence-corrected chi connectivity index (χ3v) is 3.00. The molecular formula is C12H16N4O2. The molecule has 2 rings (SSSR count). The van der Waals surface area contributed by atoms with Crippen LogP contribution in [-0.4, -0.2) is 20.3 Å². The summed E-state index contributed by atoms with van der Waals surface area (Å²) in [7, 11) is 0. The molecule has 0 unspecified atom stereocenters. The van der Waals surface area contributed by atoms with E-state index in [0.717, 1.165) is 12.8 Å². The number of imidazole rings is 1. The molecule has 0 radical (unpaired) electrons. The molecule has 0 saturated heterocycles. The number of nitro groups is 1. The molecule has 0 fully saturated rings. The molecule has 0 spiro atoms. The Labute approximate surface area is 105 Å². The second-order valence-corrected chi connectivity index (χ2v) is 4.13. The Bertz CT molecular complexity index is 560. The SMILES string of the molecule is CCC(CC)Nc1nc2ccccn2c1[N+](=O)[O-]. The summed E-state index contributed by atoms with van der Waals surface area (Å²) in [5.74, 6) is 0.345. The highest BCUT2D eigenvalue weighted by molar-refractivity contribution is 5.62. The zero-order chi connectivity index (χ0) is 13.1. The first-order valence-corrected chi connectivity index (χ1v) is 6.05. The minimum atomic E-state index is -0.398. The molecule has 0 saturated carbocycles. The van der Waals surface area contributed by atoms with Crippen LogP contribution in [0.2, 0.25) is 0 Å². The topological polar surface area (TPSA) is 72.5 Å². The van der Waals surface area contributed by atoms with Crippen molar-refractivity contribution in [1.29, 1.82) is 0 Å². The summed E-state index contributed by atoms with van der Waals surface area (Å²) < 4.78 is 1.49. The highest BCUT2D eigenvalue weighted by Crippen LogP contribution is 2.26. The molecule has 0 atom stereocenters. The van der Waals surface area contributed by atoms with Gasteiger partial charge in [-0.3, -0.25) is 0 Å². The smallest absolute Gasteiger partial charge is 0.360 e. The third-order valence-electron chi connectivity index (χ3n) is 3.00. The normalized spacial score (nSPS) is 11.1. The molecule has 18 heavy (non-hydrogen) atoms. The number of hydrogen-bond acceptors (Lipinski definition) is 4. The Morgan fingerprint density at radius 2 is 2.17 bits per heavy atom. The van der Waals surface area contributed by atoms with Crippen LogP contribution in [0.4, 0.5) is 11.6 Å². The highest BCUT2D eigenvalue weighted by atomic mass is 16.6. The van der Waals surface area contributed by atoms with Crippen LogP contribution in [0.1, 0.15) is 26.7 Å². The maximum atomic E-state index is 11.2. The van der Waals surface area contributed by atoms with Crippen molar-refractivity contribution in [2.24, 2.45) is 0 Å². The molecule has 2 aromatic heterocycles. The average Bonchev–Trinajstić information content (AvgIpc) is 2.73. The number of fused-ring (bicyclic) bond motifs is 1. The molecule has 6 nitrogen and oxygen atoms in total. The van der Waals surface area contributed by atoms with E-state index in [1.165, 1.54) is 4.40 Å². The van der Waals surface area contributed by atoms with Gasteiger partial charge in [0.25, 0.3) is 0 Å². The Kier molecular flexibility index (Phi) is 3.45. The van der Waals surface area contributed by atoms with Crippen LogP contribution in [0, 0.1) is 10.1 Å². The van der Waals surface area contributed by atoms with Gasteiger partial charge in [-0.25, -0.2) is 0 Å². The van der Waals surface area contributed by atoms with Crippen molar-refractivity contribution in [1.82, 2.24) is 9.38 Å². The number of aromatic nitrogens is 2. The average molecular weight is 248 g/mol. The van der Waals surface area contributed by atoms with Gasteiger partial charge in [0.1, 0.15) is 0 Å². The summed E-state index contributed by atoms with van der Waals surface area (Å²) in [6, 6.07) is 5.52. The van der Waals surface area contributed by atoms with Crippen molar-refractivity contribution in [2.75, 3.05) is 5.32 Å². The van der Waals surface area contributed by atoms with Gasteiger partial charge in [-0.2, -0.15) is 9.38 Å². The molecule has 0 amide bonds. The fourth-order valence-corrected chi connectivity index (χ4v) is 1.94. The number of nitrogens with zero attached hydrogens (tertiary/aromatic N) is 3. The van der Waals surface area contributed by atoms with Crippen LogP contribution in [-0.2, 0) is 0 Å². The van der Waals surface area contributed by atoms with E-state index in [0.29, 0.717) is 11.5 Å². The Morgan fingerprint density at radius 3 is 2.78 bits per heavy atom. The fraction of sp³-hybridized carbons (Fsp3) is 0.417. The monoisotopic (exact) mass is 248 g/mol. The molecule has 0 bridgehead atoms. The molecular weight excluding hydrogens is 232 g/mol. The standard InChI is InChI=1S/C12H16N4O2/c1-3-9(4-2)13-11-12(16(17)18)15-8-6-5-7-10(15)14-11/h5-9,13H,3-4H2,1-2H3. The van der Waals surface area contributed by atoms with Crippen molar-refractivity contribution < 1.29 is 4.92 Å². The quantitative estimate of drug-likeness (QED) is 0.652. The minimum absolute atomic E-state index is 0.00231. The predicted octanol–water partition coefficient (Wildman–Crippen LogP) is 2.84. The summed E-state index contributed by atoms with van der Waals surface area (Å²) in [4.78, 5) is 15.0. The van der Waals surface area contributed by atoms with Gasteiger partial charge in [0.05, 0.1) is 6.20 Å². The summed E-state index contributed by atoms with van der Waals surface area (Å²) in [5, 5.41) is 14.3. The predicted molar refractivity (Wildman–Crippen MR) is 69.8 cm³/mol. The van der Waals surface area contributed by atoms with Gasteiger partial charge >= 0.3 is 5.82 Å². The van der Waals surface area contributed by atoms with E-state index in [9.17, 15) is 10.1 Å². The lowest BCUT2D eigenvalue weighted by molar-refractivity contribution is -0.389. The van der Waals surface area contributed by atoms with E-state index in [1.807, 2.05) is 19.9 Å². The summed E-state index contributed by atoms with van der Waals surface area (Å²) in [5.41, 5.74) is 0.581. The lowest BCUT2D eigenvalue weighted by atomic mass is 10.2. The molecule has 0 aromatic carbocycles. The van der Waals surface area contributed by atoms with Crippen LogP contribution < -0.4 is 5.32 Å². The van der Waals surface area contributed by atoms with E-state index in [1.54, 1.807) is 18.3 Å². The first kappa shape index (κ1) is 12.3. The van der Waals surface area contributed by atoms with Gasteiger partial charge in [-0.05, 0) is 23.8 Å². The van der Waals surface area contributed by atoms with Crippen LogP contribution in [0.15, 0.2) is 24.4 Å². The van der Waals surface area contributed by atoms with Gasteiger partial charge in [0, 0.05) is 12.1 Å². The van der Waals surface area contributed by atoms with E-state index >= 15 is 0 Å². The largest absolute Gasteiger partial charge is 0.372 e. The summed E-state index contributed by atoms with van der Waals surface area (Å²) in [6.45, 7) is 4.09. The Morgan fingerprint density at radius 1 is 1.44 bits per heavy atom. The minimum Gasteiger partial charge on any atom is -0.360 e. The maximum Gasteiger partial charge on any atom is 0.372 e. The molecule has 0 aliphatic carbocycles. The second kappa shape index (κ2) is 5.03. The van der Waals surface area contributed by atoms with Crippen LogP contribution in [0.3, 0.4) is 0 Å². The van der Waals surface area contributed by atoms with Gasteiger partial charge < -0.3 is 15.4 Å². The number of rotatable bonds is 5. The first-order chi connectivity index (χ1) is 8.67. The molecule has 6 heteroatoms. The molecule has 96 valence electrons. The summed E-state index contributed by atoms with van der Waals surface area (Å²) >= 11 is 0. The number of hydrogen-bond donors (Lipinski definition) is 1. The highest BCUT2D eigenvalue weighted by Gasteiger charge is 2.23. The van der Waals surface area contributed by atoms with E-state index in [-0.39, 0.29) is 11.9 Å². The molecule has 0 aliphatic heterocycles. The number of nitrogens with one attached hydrogen (secondary N) is 1. The third kappa shape index (κ3) is 2.13. The van der Waals surface area contributed by atoms with Gasteiger partial charge in [0.2, 0.25) is 11.5 Å². The molecule has 0 aliphatic rings.